The number of hydrogen-bond donors (Lipinski definition) is 1. The van der Waals surface area contributed by atoms with Crippen LogP contribution in [0.2, 0.25) is 0 Å². The fourth-order valence-electron chi connectivity index (χ4n) is 4.79. The van der Waals surface area contributed by atoms with Gasteiger partial charge in [-0.3, -0.25) is 4.79 Å². The lowest BCUT2D eigenvalue weighted by Gasteiger charge is -2.33. The van der Waals surface area contributed by atoms with Crippen molar-refractivity contribution in [3.8, 4) is 0 Å². The minimum atomic E-state index is -0.991. The van der Waals surface area contributed by atoms with Crippen LogP contribution < -0.4 is 5.32 Å². The summed E-state index contributed by atoms with van der Waals surface area (Å²) >= 11 is 0. The largest absolute Gasteiger partial charge is 0.333 e. The number of amides is 3. The van der Waals surface area contributed by atoms with Gasteiger partial charge in [-0.25, -0.2) is 13.6 Å². The van der Waals surface area contributed by atoms with Gasteiger partial charge in [-0.2, -0.15) is 0 Å². The number of carbonyl (C=O) groups excluding carboxylic acids is 2. The number of aryl methyl sites for hydroxylation is 1. The number of carbonyl (C=O) groups is 2. The van der Waals surface area contributed by atoms with Gasteiger partial charge in [0, 0.05) is 12.1 Å². The Morgan fingerprint density at radius 3 is 2.77 bits per heavy atom. The van der Waals surface area contributed by atoms with E-state index in [9.17, 15) is 18.4 Å². The molecule has 154 valence electrons. The fourth-order valence-corrected chi connectivity index (χ4v) is 4.79. The number of likely N-dealkylation sites (tertiary alicyclic amines) is 1. The number of urea groups is 1. The van der Waals surface area contributed by atoms with Crippen molar-refractivity contribution in [2.24, 2.45) is 5.92 Å². The van der Waals surface area contributed by atoms with Gasteiger partial charge in [0.25, 0.3) is 0 Å². The second-order valence-corrected chi connectivity index (χ2v) is 8.17. The molecule has 2 heterocycles. The Balaban J connectivity index is 1.34. The molecule has 3 amide bonds. The predicted octanol–water partition coefficient (Wildman–Crippen LogP) is 3.94. The van der Waals surface area contributed by atoms with Crippen LogP contribution in [0.5, 0.6) is 0 Å². The van der Waals surface area contributed by atoms with E-state index in [-0.39, 0.29) is 36.3 Å². The highest BCUT2D eigenvalue weighted by atomic mass is 19.2. The van der Waals surface area contributed by atoms with E-state index in [1.807, 2.05) is 17.0 Å². The molecule has 30 heavy (non-hydrogen) atoms. The third-order valence-electron chi connectivity index (χ3n) is 6.28. The lowest BCUT2D eigenvalue weighted by Crippen LogP contribution is -2.48. The first kappa shape index (κ1) is 18.8. The summed E-state index contributed by atoms with van der Waals surface area (Å²) < 4.78 is 27.8. The van der Waals surface area contributed by atoms with Crippen LogP contribution in [0.25, 0.3) is 5.57 Å². The molecule has 0 spiro atoms. The van der Waals surface area contributed by atoms with Crippen molar-refractivity contribution in [3.05, 3.63) is 70.8 Å². The van der Waals surface area contributed by atoms with E-state index in [4.69, 9.17) is 0 Å². The highest BCUT2D eigenvalue weighted by Crippen LogP contribution is 2.42. The zero-order valence-electron chi connectivity index (χ0n) is 16.5. The third-order valence-corrected chi connectivity index (χ3v) is 6.28. The first-order chi connectivity index (χ1) is 14.4. The van der Waals surface area contributed by atoms with E-state index in [0.29, 0.717) is 12.5 Å². The molecule has 1 saturated heterocycles. The van der Waals surface area contributed by atoms with Crippen LogP contribution >= 0.6 is 0 Å². The number of hydrogen-bond acceptors (Lipinski definition) is 2. The summed E-state index contributed by atoms with van der Waals surface area (Å²) in [6, 6.07) is 9.92. The first-order valence-electron chi connectivity index (χ1n) is 10.0. The van der Waals surface area contributed by atoms with Gasteiger partial charge in [0.2, 0.25) is 5.91 Å². The van der Waals surface area contributed by atoms with Crippen LogP contribution in [0, 0.1) is 24.5 Å². The molecule has 5 rings (SSSR count). The monoisotopic (exact) mass is 409 g/mol. The van der Waals surface area contributed by atoms with Crippen molar-refractivity contribution in [1.29, 1.82) is 0 Å². The van der Waals surface area contributed by atoms with Gasteiger partial charge in [-0.15, -0.1) is 0 Å². The minimum Gasteiger partial charge on any atom is -0.333 e. The van der Waals surface area contributed by atoms with E-state index < -0.39 is 17.7 Å². The molecule has 1 fully saturated rings. The van der Waals surface area contributed by atoms with E-state index in [0.717, 1.165) is 29.2 Å². The highest BCUT2D eigenvalue weighted by Gasteiger charge is 2.43. The summed E-state index contributed by atoms with van der Waals surface area (Å²) in [6.45, 7) is 2.36. The van der Waals surface area contributed by atoms with Crippen LogP contribution in [0.4, 0.5) is 19.3 Å². The lowest BCUT2D eigenvalue weighted by atomic mass is 9.96. The molecule has 2 atom stereocenters. The standard InChI is InChI=1S/C23H21F2N3O2/c1-13-4-2-3-5-15(13)16-8-14-9-20(16)28(10-14)21(29)12-27-11-17-19(26-23(27)30)7-6-18(24)22(17)25/h2-8,14,20H,9-12H2,1H3,(H,26,30). The molecule has 3 aliphatic rings. The van der Waals surface area contributed by atoms with Gasteiger partial charge in [-0.1, -0.05) is 30.3 Å². The van der Waals surface area contributed by atoms with E-state index in [2.05, 4.69) is 30.4 Å². The number of rotatable bonds is 3. The third kappa shape index (κ3) is 2.96. The molecule has 2 aliphatic heterocycles. The summed E-state index contributed by atoms with van der Waals surface area (Å²) in [7, 11) is 0. The van der Waals surface area contributed by atoms with Crippen LogP contribution in [0.1, 0.15) is 23.1 Å². The maximum absolute atomic E-state index is 14.2. The Hall–Kier alpha value is -3.22. The summed E-state index contributed by atoms with van der Waals surface area (Å²) in [4.78, 5) is 28.5. The summed E-state index contributed by atoms with van der Waals surface area (Å²) in [5.41, 5.74) is 3.76. The Morgan fingerprint density at radius 2 is 2.00 bits per heavy atom. The summed E-state index contributed by atoms with van der Waals surface area (Å²) in [6.07, 6.45) is 3.13. The van der Waals surface area contributed by atoms with E-state index in [1.165, 1.54) is 11.0 Å². The SMILES string of the molecule is Cc1ccccc1C1=CC2CC1N(C(=O)CN1Cc3c(ccc(F)c3F)NC1=O)C2. The molecule has 2 bridgehead atoms. The normalized spacial score (nSPS) is 22.1. The molecule has 2 unspecified atom stereocenters. The predicted molar refractivity (Wildman–Crippen MR) is 109 cm³/mol. The zero-order chi connectivity index (χ0) is 21.0. The van der Waals surface area contributed by atoms with Gasteiger partial charge < -0.3 is 15.1 Å². The molecule has 1 N–H and O–H groups in total. The number of nitrogens with zero attached hydrogens (tertiary/aromatic N) is 2. The van der Waals surface area contributed by atoms with Crippen LogP contribution in [0.3, 0.4) is 0 Å². The number of nitrogens with one attached hydrogen (secondary N) is 1. The molecule has 0 radical (unpaired) electrons. The topological polar surface area (TPSA) is 52.7 Å². The molecule has 0 saturated carbocycles. The van der Waals surface area contributed by atoms with Crippen LogP contribution in [0.15, 0.2) is 42.5 Å². The van der Waals surface area contributed by atoms with Crippen molar-refractivity contribution in [3.63, 3.8) is 0 Å². The molecule has 2 aromatic rings. The van der Waals surface area contributed by atoms with Crippen molar-refractivity contribution in [2.75, 3.05) is 18.4 Å². The number of fused-ring (bicyclic) bond motifs is 3. The Kier molecular flexibility index (Phi) is 4.34. The number of benzene rings is 2. The lowest BCUT2D eigenvalue weighted by molar-refractivity contribution is -0.132. The fraction of sp³-hybridized carbons (Fsp3) is 0.304. The summed E-state index contributed by atoms with van der Waals surface area (Å²) in [5.74, 6) is -1.84. The van der Waals surface area contributed by atoms with E-state index in [1.54, 1.807) is 0 Å². The quantitative estimate of drug-likeness (QED) is 0.835. The van der Waals surface area contributed by atoms with E-state index >= 15 is 0 Å². The Bertz CT molecular complexity index is 1100. The Morgan fingerprint density at radius 1 is 1.20 bits per heavy atom. The molecule has 2 aromatic carbocycles. The molecule has 5 nitrogen and oxygen atoms in total. The zero-order valence-corrected chi connectivity index (χ0v) is 16.5. The average Bonchev–Trinajstić information content (AvgIpc) is 3.33. The van der Waals surface area contributed by atoms with Crippen LogP contribution in [-0.4, -0.2) is 40.9 Å². The number of halogens is 2. The highest BCUT2D eigenvalue weighted by molar-refractivity contribution is 5.95. The van der Waals surface area contributed by atoms with Gasteiger partial charge >= 0.3 is 6.03 Å². The smallest absolute Gasteiger partial charge is 0.322 e. The van der Waals surface area contributed by atoms with Crippen molar-refractivity contribution >= 4 is 23.2 Å². The maximum atomic E-state index is 14.2. The second kappa shape index (κ2) is 6.93. The Labute approximate surface area is 173 Å². The molecular weight excluding hydrogens is 388 g/mol. The molecular formula is C23H21F2N3O2. The molecule has 7 heteroatoms. The minimum absolute atomic E-state index is 0.0158. The van der Waals surface area contributed by atoms with Crippen molar-refractivity contribution in [1.82, 2.24) is 9.80 Å². The van der Waals surface area contributed by atoms with Crippen molar-refractivity contribution in [2.45, 2.75) is 25.9 Å². The maximum Gasteiger partial charge on any atom is 0.322 e. The van der Waals surface area contributed by atoms with Gasteiger partial charge in [0.05, 0.1) is 18.3 Å². The average molecular weight is 409 g/mol. The van der Waals surface area contributed by atoms with Crippen LogP contribution in [-0.2, 0) is 11.3 Å². The molecule has 1 aliphatic carbocycles. The number of anilines is 1. The van der Waals surface area contributed by atoms with Gasteiger partial charge in [-0.05, 0) is 48.1 Å². The van der Waals surface area contributed by atoms with Gasteiger partial charge in [0.15, 0.2) is 11.6 Å². The summed E-state index contributed by atoms with van der Waals surface area (Å²) in [5, 5.41) is 2.55. The van der Waals surface area contributed by atoms with Gasteiger partial charge in [0.1, 0.15) is 6.54 Å². The second-order valence-electron chi connectivity index (χ2n) is 8.17. The first-order valence-corrected chi connectivity index (χ1v) is 10.0. The van der Waals surface area contributed by atoms with Crippen molar-refractivity contribution < 1.29 is 18.4 Å². The molecule has 0 aromatic heterocycles.